The summed E-state index contributed by atoms with van der Waals surface area (Å²) in [6.45, 7) is 0. The first-order valence-corrected chi connectivity index (χ1v) is 9.89. The molecule has 0 atom stereocenters. The first-order chi connectivity index (χ1) is 14.5. The highest BCUT2D eigenvalue weighted by Gasteiger charge is 2.26. The first-order valence-electron chi connectivity index (χ1n) is 9.89. The third kappa shape index (κ3) is 3.16. The molecule has 1 aliphatic rings. The van der Waals surface area contributed by atoms with Crippen LogP contribution in [0.15, 0.2) is 60.9 Å². The van der Waals surface area contributed by atoms with Crippen LogP contribution in [0.4, 0.5) is 11.5 Å². The van der Waals surface area contributed by atoms with Crippen molar-refractivity contribution in [3.8, 4) is 16.9 Å². The van der Waals surface area contributed by atoms with E-state index in [0.717, 1.165) is 46.1 Å². The van der Waals surface area contributed by atoms with E-state index in [0.29, 0.717) is 11.7 Å². The second kappa shape index (κ2) is 6.91. The Morgan fingerprint density at radius 1 is 1.13 bits per heavy atom. The second-order valence-corrected chi connectivity index (χ2v) is 7.77. The molecule has 0 radical (unpaired) electrons. The number of pyridine rings is 1. The minimum atomic E-state index is -0.997. The Kier molecular flexibility index (Phi) is 4.20. The van der Waals surface area contributed by atoms with Crippen LogP contribution in [-0.2, 0) is 7.05 Å². The van der Waals surface area contributed by atoms with Gasteiger partial charge in [0, 0.05) is 47.2 Å². The van der Waals surface area contributed by atoms with E-state index in [9.17, 15) is 15.0 Å². The summed E-state index contributed by atoms with van der Waals surface area (Å²) in [5, 5.41) is 24.1. The summed E-state index contributed by atoms with van der Waals surface area (Å²) >= 11 is 0. The van der Waals surface area contributed by atoms with Crippen LogP contribution < -0.4 is 5.32 Å². The van der Waals surface area contributed by atoms with Crippen LogP contribution >= 0.6 is 0 Å². The predicted molar refractivity (Wildman–Crippen MR) is 116 cm³/mol. The number of aromatic carboxylic acids is 1. The second-order valence-electron chi connectivity index (χ2n) is 7.77. The number of nitrogens with zero attached hydrogens (tertiary/aromatic N) is 2. The van der Waals surface area contributed by atoms with Crippen LogP contribution in [-0.4, -0.2) is 25.7 Å². The van der Waals surface area contributed by atoms with Crippen LogP contribution in [0.25, 0.3) is 22.0 Å². The monoisotopic (exact) mass is 399 g/mol. The highest BCUT2D eigenvalue weighted by Crippen LogP contribution is 2.41. The Hall–Kier alpha value is -3.80. The number of hydrogen-bond acceptors (Lipinski definition) is 4. The fraction of sp³-hybridized carbons (Fsp3) is 0.167. The number of anilines is 2. The summed E-state index contributed by atoms with van der Waals surface area (Å²) in [5.74, 6) is -0.0187. The van der Waals surface area contributed by atoms with Crippen LogP contribution in [0.3, 0.4) is 0 Å². The van der Waals surface area contributed by atoms with Crippen LogP contribution in [0.1, 0.15) is 34.7 Å². The molecular weight excluding hydrogens is 378 g/mol. The number of phenolic OH excluding ortho intramolecular Hbond substituents is 1. The highest BCUT2D eigenvalue weighted by atomic mass is 16.4. The zero-order chi connectivity index (χ0) is 20.8. The Morgan fingerprint density at radius 3 is 2.67 bits per heavy atom. The topological polar surface area (TPSA) is 87.4 Å². The normalized spacial score (nSPS) is 13.5. The first kappa shape index (κ1) is 18.2. The molecule has 1 fully saturated rings. The number of phenols is 1. The van der Waals surface area contributed by atoms with Gasteiger partial charge in [0.1, 0.15) is 17.1 Å². The lowest BCUT2D eigenvalue weighted by molar-refractivity contribution is 0.0697. The maximum absolute atomic E-state index is 11.8. The number of carboxylic acids is 1. The maximum atomic E-state index is 11.8. The van der Waals surface area contributed by atoms with E-state index in [2.05, 4.69) is 10.3 Å². The lowest BCUT2D eigenvalue weighted by Crippen LogP contribution is -2.06. The van der Waals surface area contributed by atoms with Crippen molar-refractivity contribution in [2.75, 3.05) is 5.32 Å². The fourth-order valence-electron chi connectivity index (χ4n) is 3.91. The number of hydrogen-bond donors (Lipinski definition) is 3. The van der Waals surface area contributed by atoms with Gasteiger partial charge in [0.15, 0.2) is 0 Å². The third-order valence-corrected chi connectivity index (χ3v) is 5.63. The van der Waals surface area contributed by atoms with E-state index in [1.807, 2.05) is 48.1 Å². The van der Waals surface area contributed by atoms with Crippen LogP contribution in [0.2, 0.25) is 0 Å². The molecule has 150 valence electrons. The summed E-state index contributed by atoms with van der Waals surface area (Å²) < 4.78 is 2.01. The van der Waals surface area contributed by atoms with E-state index in [4.69, 9.17) is 0 Å². The Balaban J connectivity index is 1.57. The zero-order valence-corrected chi connectivity index (χ0v) is 16.5. The summed E-state index contributed by atoms with van der Waals surface area (Å²) in [6.07, 6.45) is 5.93. The van der Waals surface area contributed by atoms with Gasteiger partial charge < -0.3 is 20.1 Å². The highest BCUT2D eigenvalue weighted by molar-refractivity contribution is 6.00. The van der Waals surface area contributed by atoms with Crippen molar-refractivity contribution in [3.05, 3.63) is 72.1 Å². The van der Waals surface area contributed by atoms with Gasteiger partial charge in [0.2, 0.25) is 0 Å². The van der Waals surface area contributed by atoms with E-state index in [-0.39, 0.29) is 11.3 Å². The average Bonchev–Trinajstić information content (AvgIpc) is 3.53. The third-order valence-electron chi connectivity index (χ3n) is 5.63. The molecule has 0 saturated heterocycles. The number of benzene rings is 2. The lowest BCUT2D eigenvalue weighted by atomic mass is 10.0. The summed E-state index contributed by atoms with van der Waals surface area (Å²) in [7, 11) is 1.96. The molecule has 2 aromatic carbocycles. The number of aromatic nitrogens is 2. The minimum Gasteiger partial charge on any atom is -0.507 e. The van der Waals surface area contributed by atoms with Crippen LogP contribution in [0, 0.1) is 0 Å². The number of nitrogens with one attached hydrogen (secondary N) is 1. The zero-order valence-electron chi connectivity index (χ0n) is 16.5. The van der Waals surface area contributed by atoms with Crippen molar-refractivity contribution in [3.63, 3.8) is 0 Å². The molecule has 2 aromatic heterocycles. The molecule has 0 bridgehead atoms. The van der Waals surface area contributed by atoms with Gasteiger partial charge in [-0.25, -0.2) is 9.78 Å². The van der Waals surface area contributed by atoms with E-state index in [1.54, 1.807) is 24.4 Å². The minimum absolute atomic E-state index is 0.175. The average molecular weight is 399 g/mol. The quantitative estimate of drug-likeness (QED) is 0.426. The van der Waals surface area contributed by atoms with Crippen molar-refractivity contribution in [2.45, 2.75) is 18.8 Å². The summed E-state index contributed by atoms with van der Waals surface area (Å²) in [5.41, 5.74) is 4.56. The number of aryl methyl sites for hydroxylation is 1. The van der Waals surface area contributed by atoms with Gasteiger partial charge in [-0.1, -0.05) is 18.2 Å². The molecule has 3 N–H and O–H groups in total. The molecule has 5 rings (SSSR count). The Bertz CT molecular complexity index is 1290. The number of aromatic hydroxyl groups is 1. The number of para-hydroxylation sites is 1. The molecule has 1 saturated carbocycles. The molecule has 0 amide bonds. The number of rotatable bonds is 5. The van der Waals surface area contributed by atoms with E-state index < -0.39 is 5.97 Å². The molecule has 0 spiro atoms. The molecule has 30 heavy (non-hydrogen) atoms. The maximum Gasteiger partial charge on any atom is 0.339 e. The molecule has 1 aliphatic carbocycles. The fourth-order valence-corrected chi connectivity index (χ4v) is 3.91. The molecule has 6 heteroatoms. The number of carboxylic acid groups (broad SMARTS) is 1. The summed E-state index contributed by atoms with van der Waals surface area (Å²) in [4.78, 5) is 16.2. The van der Waals surface area contributed by atoms with Gasteiger partial charge in [-0.15, -0.1) is 0 Å². The molecular formula is C24H21N3O3. The molecule has 0 unspecified atom stereocenters. The van der Waals surface area contributed by atoms with Crippen LogP contribution in [0.5, 0.6) is 5.75 Å². The van der Waals surface area contributed by atoms with Crippen molar-refractivity contribution in [1.82, 2.24) is 9.55 Å². The smallest absolute Gasteiger partial charge is 0.339 e. The van der Waals surface area contributed by atoms with Crippen molar-refractivity contribution in [1.29, 1.82) is 0 Å². The van der Waals surface area contributed by atoms with Gasteiger partial charge in [-0.2, -0.15) is 0 Å². The van der Waals surface area contributed by atoms with Gasteiger partial charge in [0.25, 0.3) is 0 Å². The predicted octanol–water partition coefficient (Wildman–Crippen LogP) is 5.27. The largest absolute Gasteiger partial charge is 0.507 e. The van der Waals surface area contributed by atoms with Gasteiger partial charge >= 0.3 is 5.97 Å². The Labute approximate surface area is 173 Å². The molecule has 2 heterocycles. The molecule has 4 aromatic rings. The van der Waals surface area contributed by atoms with Gasteiger partial charge in [-0.05, 0) is 54.7 Å². The summed E-state index contributed by atoms with van der Waals surface area (Å²) in [6, 6.07) is 14.8. The molecule has 6 nitrogen and oxygen atoms in total. The molecule has 0 aliphatic heterocycles. The SMILES string of the molecule is Cn1cc(-c2ccccc2O)c2cc(Nc3ncc(C4CC4)cc3C(=O)O)ccc21. The van der Waals surface area contributed by atoms with Crippen molar-refractivity contribution >= 4 is 28.4 Å². The van der Waals surface area contributed by atoms with Gasteiger partial charge in [0.05, 0.1) is 0 Å². The van der Waals surface area contributed by atoms with Crippen molar-refractivity contribution < 1.29 is 15.0 Å². The standard InChI is InChI=1S/C24H21N3O3/c1-27-13-20(17-4-2-3-5-22(17)28)18-11-16(8-9-21(18)27)26-23-19(24(29)30)10-15(12-25-23)14-6-7-14/h2-5,8-14,28H,6-7H2,1H3,(H,25,26)(H,29,30). The van der Waals surface area contributed by atoms with E-state index >= 15 is 0 Å². The number of carbonyl (C=O) groups is 1. The van der Waals surface area contributed by atoms with Gasteiger partial charge in [-0.3, -0.25) is 0 Å². The number of fused-ring (bicyclic) bond motifs is 1. The lowest BCUT2D eigenvalue weighted by Gasteiger charge is -2.11. The Morgan fingerprint density at radius 2 is 1.93 bits per heavy atom. The van der Waals surface area contributed by atoms with E-state index in [1.165, 1.54) is 0 Å². The van der Waals surface area contributed by atoms with Crippen molar-refractivity contribution in [2.24, 2.45) is 7.05 Å².